The first-order chi connectivity index (χ1) is 6.20. The molecule has 0 aromatic heterocycles. The highest BCUT2D eigenvalue weighted by molar-refractivity contribution is 7.80. The average molecular weight is 204 g/mol. The van der Waals surface area contributed by atoms with Crippen molar-refractivity contribution in [3.05, 3.63) is 0 Å². The van der Waals surface area contributed by atoms with E-state index in [2.05, 4.69) is 11.8 Å². The minimum atomic E-state index is 0.592. The molecule has 0 fully saturated rings. The highest BCUT2D eigenvalue weighted by Crippen LogP contribution is 1.91. The van der Waals surface area contributed by atoms with Gasteiger partial charge in [0.25, 0.3) is 0 Å². The van der Waals surface area contributed by atoms with Crippen LogP contribution in [0.5, 0.6) is 0 Å². The molecular weight excluding hydrogens is 184 g/mol. The van der Waals surface area contributed by atoms with Gasteiger partial charge in [-0.15, -0.1) is 0 Å². The lowest BCUT2D eigenvalue weighted by atomic mass is 10.3. The van der Waals surface area contributed by atoms with Gasteiger partial charge in [0.2, 0.25) is 0 Å². The summed E-state index contributed by atoms with van der Waals surface area (Å²) >= 11 is 4.82. The van der Waals surface area contributed by atoms with E-state index < -0.39 is 0 Å². The van der Waals surface area contributed by atoms with Crippen molar-refractivity contribution in [1.82, 2.24) is 4.90 Å². The summed E-state index contributed by atoms with van der Waals surface area (Å²) in [6.45, 7) is 8.65. The van der Waals surface area contributed by atoms with Crippen LogP contribution < -0.4 is 5.73 Å². The Bertz CT molecular complexity index is 142. The molecule has 78 valence electrons. The van der Waals surface area contributed by atoms with E-state index in [0.717, 1.165) is 39.3 Å². The summed E-state index contributed by atoms with van der Waals surface area (Å²) in [6.07, 6.45) is 0.801. The zero-order valence-electron chi connectivity index (χ0n) is 8.58. The van der Waals surface area contributed by atoms with Gasteiger partial charge >= 0.3 is 0 Å². The van der Waals surface area contributed by atoms with E-state index >= 15 is 0 Å². The molecule has 0 rings (SSSR count). The lowest BCUT2D eigenvalue weighted by molar-refractivity contribution is 0.116. The minimum absolute atomic E-state index is 0.592. The van der Waals surface area contributed by atoms with E-state index in [1.807, 2.05) is 6.92 Å². The molecule has 3 nitrogen and oxygen atoms in total. The Labute approximate surface area is 86.2 Å². The lowest BCUT2D eigenvalue weighted by Crippen LogP contribution is -2.30. The van der Waals surface area contributed by atoms with Crippen molar-refractivity contribution < 1.29 is 4.74 Å². The molecular formula is C9H20N2OS. The Morgan fingerprint density at radius 3 is 2.54 bits per heavy atom. The standard InChI is InChI=1S/C9H20N2OS/c1-3-11(6-5-9(10)13)7-8-12-4-2/h3-8H2,1-2H3,(H2,10,13). The second-order valence-corrected chi connectivity index (χ2v) is 3.37. The number of thiocarbonyl (C=S) groups is 1. The van der Waals surface area contributed by atoms with Crippen LogP contribution in [0.4, 0.5) is 0 Å². The third-order valence-electron chi connectivity index (χ3n) is 1.88. The molecule has 0 bridgehead atoms. The van der Waals surface area contributed by atoms with E-state index in [1.165, 1.54) is 0 Å². The first-order valence-electron chi connectivity index (χ1n) is 4.79. The Balaban J connectivity index is 3.45. The normalized spacial score (nSPS) is 10.7. The fourth-order valence-corrected chi connectivity index (χ4v) is 1.13. The highest BCUT2D eigenvalue weighted by Gasteiger charge is 2.01. The van der Waals surface area contributed by atoms with Gasteiger partial charge in [0.15, 0.2) is 0 Å². The van der Waals surface area contributed by atoms with E-state index in [0.29, 0.717) is 4.99 Å². The van der Waals surface area contributed by atoms with Crippen molar-refractivity contribution >= 4 is 17.2 Å². The molecule has 0 aromatic carbocycles. The van der Waals surface area contributed by atoms with Gasteiger partial charge in [-0.2, -0.15) is 0 Å². The van der Waals surface area contributed by atoms with Crippen LogP contribution in [0.2, 0.25) is 0 Å². The third kappa shape index (κ3) is 8.15. The van der Waals surface area contributed by atoms with E-state index in [-0.39, 0.29) is 0 Å². The van der Waals surface area contributed by atoms with Crippen molar-refractivity contribution in [3.63, 3.8) is 0 Å². The van der Waals surface area contributed by atoms with Gasteiger partial charge in [0, 0.05) is 26.1 Å². The van der Waals surface area contributed by atoms with Crippen LogP contribution in [0.1, 0.15) is 20.3 Å². The number of hydrogen-bond donors (Lipinski definition) is 1. The molecule has 0 saturated carbocycles. The monoisotopic (exact) mass is 204 g/mol. The zero-order valence-corrected chi connectivity index (χ0v) is 9.40. The molecule has 0 aliphatic rings. The molecule has 0 heterocycles. The molecule has 0 amide bonds. The molecule has 0 aliphatic heterocycles. The summed E-state index contributed by atoms with van der Waals surface area (Å²) in [7, 11) is 0. The summed E-state index contributed by atoms with van der Waals surface area (Å²) < 4.78 is 5.27. The SMILES string of the molecule is CCOCCN(CC)CCC(N)=S. The topological polar surface area (TPSA) is 38.5 Å². The molecule has 0 atom stereocenters. The molecule has 2 N–H and O–H groups in total. The molecule has 0 spiro atoms. The minimum Gasteiger partial charge on any atom is -0.393 e. The molecule has 0 unspecified atom stereocenters. The molecule has 0 radical (unpaired) electrons. The number of ether oxygens (including phenoxy) is 1. The van der Waals surface area contributed by atoms with Crippen LogP contribution >= 0.6 is 12.2 Å². The van der Waals surface area contributed by atoms with E-state index in [9.17, 15) is 0 Å². The number of likely N-dealkylation sites (N-methyl/N-ethyl adjacent to an activating group) is 1. The Morgan fingerprint density at radius 1 is 1.38 bits per heavy atom. The fourth-order valence-electron chi connectivity index (χ4n) is 1.03. The van der Waals surface area contributed by atoms with Gasteiger partial charge in [0.05, 0.1) is 11.6 Å². The Hall–Kier alpha value is -0.190. The zero-order chi connectivity index (χ0) is 10.1. The van der Waals surface area contributed by atoms with E-state index in [4.69, 9.17) is 22.7 Å². The third-order valence-corrected chi connectivity index (χ3v) is 2.08. The smallest absolute Gasteiger partial charge is 0.0740 e. The lowest BCUT2D eigenvalue weighted by Gasteiger charge is -2.19. The summed E-state index contributed by atoms with van der Waals surface area (Å²) in [6, 6.07) is 0. The number of nitrogens with two attached hydrogens (primary N) is 1. The molecule has 4 heteroatoms. The van der Waals surface area contributed by atoms with Crippen molar-refractivity contribution in [1.29, 1.82) is 0 Å². The predicted octanol–water partition coefficient (Wildman–Crippen LogP) is 1.02. The number of hydrogen-bond acceptors (Lipinski definition) is 3. The number of rotatable bonds is 8. The largest absolute Gasteiger partial charge is 0.393 e. The maximum atomic E-state index is 5.42. The van der Waals surface area contributed by atoms with Crippen molar-refractivity contribution in [2.75, 3.05) is 32.8 Å². The summed E-state index contributed by atoms with van der Waals surface area (Å²) in [5.41, 5.74) is 5.42. The van der Waals surface area contributed by atoms with Gasteiger partial charge in [-0.25, -0.2) is 0 Å². The van der Waals surface area contributed by atoms with Gasteiger partial charge in [-0.3, -0.25) is 0 Å². The first-order valence-corrected chi connectivity index (χ1v) is 5.19. The first kappa shape index (κ1) is 12.8. The number of nitrogens with zero attached hydrogens (tertiary/aromatic N) is 1. The van der Waals surface area contributed by atoms with Crippen LogP contribution in [0.15, 0.2) is 0 Å². The van der Waals surface area contributed by atoms with Crippen molar-refractivity contribution in [2.24, 2.45) is 5.73 Å². The van der Waals surface area contributed by atoms with Gasteiger partial charge in [-0.1, -0.05) is 19.1 Å². The summed E-state index contributed by atoms with van der Waals surface area (Å²) in [5, 5.41) is 0. The van der Waals surface area contributed by atoms with Crippen LogP contribution in [0.25, 0.3) is 0 Å². The summed E-state index contributed by atoms with van der Waals surface area (Å²) in [4.78, 5) is 2.88. The molecule has 0 aromatic rings. The quantitative estimate of drug-likeness (QED) is 0.473. The maximum Gasteiger partial charge on any atom is 0.0740 e. The van der Waals surface area contributed by atoms with Crippen LogP contribution in [-0.4, -0.2) is 42.7 Å². The molecule has 0 saturated heterocycles. The predicted molar refractivity (Wildman–Crippen MR) is 60.0 cm³/mol. The second-order valence-electron chi connectivity index (χ2n) is 2.85. The van der Waals surface area contributed by atoms with Gasteiger partial charge in [0.1, 0.15) is 0 Å². The second kappa shape index (κ2) is 8.41. The van der Waals surface area contributed by atoms with E-state index in [1.54, 1.807) is 0 Å². The maximum absolute atomic E-state index is 5.42. The van der Waals surface area contributed by atoms with Crippen LogP contribution in [0, 0.1) is 0 Å². The van der Waals surface area contributed by atoms with Gasteiger partial charge < -0.3 is 15.4 Å². The summed E-state index contributed by atoms with van der Waals surface area (Å²) in [5.74, 6) is 0. The fraction of sp³-hybridized carbons (Fsp3) is 0.889. The van der Waals surface area contributed by atoms with Crippen molar-refractivity contribution in [3.8, 4) is 0 Å². The van der Waals surface area contributed by atoms with Crippen LogP contribution in [-0.2, 0) is 4.74 Å². The average Bonchev–Trinajstić information content (AvgIpc) is 2.10. The Kier molecular flexibility index (Phi) is 8.29. The molecule has 0 aliphatic carbocycles. The molecule has 13 heavy (non-hydrogen) atoms. The van der Waals surface area contributed by atoms with Crippen molar-refractivity contribution in [2.45, 2.75) is 20.3 Å². The highest BCUT2D eigenvalue weighted by atomic mass is 32.1. The Morgan fingerprint density at radius 2 is 2.08 bits per heavy atom. The van der Waals surface area contributed by atoms with Gasteiger partial charge in [-0.05, 0) is 13.5 Å². The van der Waals surface area contributed by atoms with Crippen LogP contribution in [0.3, 0.4) is 0 Å².